The van der Waals surface area contributed by atoms with Crippen LogP contribution in [-0.4, -0.2) is 58.5 Å². The number of aromatic nitrogens is 1. The van der Waals surface area contributed by atoms with Crippen LogP contribution in [0.3, 0.4) is 0 Å². The van der Waals surface area contributed by atoms with Crippen molar-refractivity contribution in [3.05, 3.63) is 48.2 Å². The second-order valence-electron chi connectivity index (χ2n) is 8.22. The molecule has 0 saturated carbocycles. The van der Waals surface area contributed by atoms with E-state index in [-0.39, 0.29) is 30.6 Å². The molecule has 36 heavy (non-hydrogen) atoms. The number of carbonyl (C=O) groups excluding carboxylic acids is 2. The van der Waals surface area contributed by atoms with Crippen LogP contribution < -0.4 is 15.5 Å². The summed E-state index contributed by atoms with van der Waals surface area (Å²) in [5.74, 6) is -6.19. The SMILES string of the molecule is CCC(=O)N(c1ccc(NC(=O)Nc2ccccc2C)nc1)C(C)C1=NCC(CC(F)(F)C(=O)O)O1. The third kappa shape index (κ3) is 6.32. The summed E-state index contributed by atoms with van der Waals surface area (Å²) in [4.78, 5) is 45.4. The molecule has 2 aromatic rings. The number of anilines is 3. The number of aryl methyl sites for hydroxylation is 1. The molecule has 0 spiro atoms. The van der Waals surface area contributed by atoms with Crippen LogP contribution in [0.5, 0.6) is 0 Å². The summed E-state index contributed by atoms with van der Waals surface area (Å²) in [5, 5.41) is 14.0. The number of para-hydroxylation sites is 1. The molecule has 192 valence electrons. The number of pyridine rings is 1. The fourth-order valence-corrected chi connectivity index (χ4v) is 3.60. The van der Waals surface area contributed by atoms with Gasteiger partial charge in [0.2, 0.25) is 11.8 Å². The number of carboxylic acids is 1. The van der Waals surface area contributed by atoms with E-state index >= 15 is 0 Å². The Morgan fingerprint density at radius 3 is 2.56 bits per heavy atom. The molecule has 3 rings (SSSR count). The van der Waals surface area contributed by atoms with E-state index in [4.69, 9.17) is 9.84 Å². The van der Waals surface area contributed by atoms with Crippen LogP contribution in [0.1, 0.15) is 32.3 Å². The summed E-state index contributed by atoms with van der Waals surface area (Å²) in [7, 11) is 0. The molecular formula is C24H27F2N5O5. The van der Waals surface area contributed by atoms with Crippen LogP contribution in [0.15, 0.2) is 47.6 Å². The smallest absolute Gasteiger partial charge is 0.374 e. The molecular weight excluding hydrogens is 476 g/mol. The van der Waals surface area contributed by atoms with E-state index in [2.05, 4.69) is 20.6 Å². The first kappa shape index (κ1) is 26.5. The molecule has 10 nitrogen and oxygen atoms in total. The Morgan fingerprint density at radius 2 is 1.94 bits per heavy atom. The van der Waals surface area contributed by atoms with Gasteiger partial charge in [-0.25, -0.2) is 19.6 Å². The number of carboxylic acid groups (broad SMARTS) is 1. The molecule has 12 heteroatoms. The van der Waals surface area contributed by atoms with Crippen molar-refractivity contribution >= 4 is 41.0 Å². The van der Waals surface area contributed by atoms with Crippen LogP contribution in [-0.2, 0) is 14.3 Å². The maximum Gasteiger partial charge on any atom is 0.374 e. The number of halogens is 2. The van der Waals surface area contributed by atoms with Crippen molar-refractivity contribution in [3.63, 3.8) is 0 Å². The summed E-state index contributed by atoms with van der Waals surface area (Å²) in [6.07, 6.45) is -0.629. The molecule has 0 bridgehead atoms. The zero-order valence-electron chi connectivity index (χ0n) is 20.0. The Hall–Kier alpha value is -4.09. The molecule has 1 aromatic heterocycles. The van der Waals surface area contributed by atoms with Gasteiger partial charge >= 0.3 is 17.9 Å². The molecule has 1 aliphatic heterocycles. The fraction of sp³-hybridized carbons (Fsp3) is 0.375. The van der Waals surface area contributed by atoms with Crippen molar-refractivity contribution in [2.45, 2.75) is 51.7 Å². The summed E-state index contributed by atoms with van der Waals surface area (Å²) in [6, 6.07) is 9.13. The van der Waals surface area contributed by atoms with Gasteiger partial charge in [-0.3, -0.25) is 15.0 Å². The van der Waals surface area contributed by atoms with Gasteiger partial charge in [-0.2, -0.15) is 8.78 Å². The number of amides is 3. The van der Waals surface area contributed by atoms with Crippen LogP contribution >= 0.6 is 0 Å². The minimum atomic E-state index is -3.95. The number of hydrogen-bond donors (Lipinski definition) is 3. The second kappa shape index (κ2) is 11.1. The predicted octanol–water partition coefficient (Wildman–Crippen LogP) is 4.07. The van der Waals surface area contributed by atoms with E-state index in [9.17, 15) is 23.2 Å². The molecule has 2 unspecified atom stereocenters. The third-order valence-electron chi connectivity index (χ3n) is 5.51. The van der Waals surface area contributed by atoms with Crippen LogP contribution in [0, 0.1) is 6.92 Å². The van der Waals surface area contributed by atoms with Gasteiger partial charge in [0.15, 0.2) is 0 Å². The van der Waals surface area contributed by atoms with Gasteiger partial charge in [-0.05, 0) is 37.6 Å². The van der Waals surface area contributed by atoms with Gasteiger partial charge in [0.1, 0.15) is 18.0 Å². The van der Waals surface area contributed by atoms with Crippen molar-refractivity contribution in [2.24, 2.45) is 4.99 Å². The Kier molecular flexibility index (Phi) is 8.18. The van der Waals surface area contributed by atoms with Crippen molar-refractivity contribution in [1.29, 1.82) is 0 Å². The average molecular weight is 504 g/mol. The average Bonchev–Trinajstić information content (AvgIpc) is 3.29. The molecule has 3 N–H and O–H groups in total. The number of aliphatic imine (C=N–C) groups is 1. The third-order valence-corrected chi connectivity index (χ3v) is 5.51. The zero-order chi connectivity index (χ0) is 26.5. The van der Waals surface area contributed by atoms with Gasteiger partial charge in [-0.1, -0.05) is 25.1 Å². The number of benzene rings is 1. The van der Waals surface area contributed by atoms with Crippen molar-refractivity contribution in [2.75, 3.05) is 22.1 Å². The summed E-state index contributed by atoms with van der Waals surface area (Å²) >= 11 is 0. The lowest BCUT2D eigenvalue weighted by Gasteiger charge is -2.29. The van der Waals surface area contributed by atoms with E-state index in [1.807, 2.05) is 19.1 Å². The second-order valence-corrected chi connectivity index (χ2v) is 8.22. The van der Waals surface area contributed by atoms with Crippen molar-refractivity contribution in [1.82, 2.24) is 4.98 Å². The minimum absolute atomic E-state index is 0.0443. The van der Waals surface area contributed by atoms with Crippen LogP contribution in [0.25, 0.3) is 0 Å². The number of nitrogens with zero attached hydrogens (tertiary/aromatic N) is 3. The highest BCUT2D eigenvalue weighted by Gasteiger charge is 2.44. The lowest BCUT2D eigenvalue weighted by Crippen LogP contribution is -2.44. The van der Waals surface area contributed by atoms with Crippen molar-refractivity contribution in [3.8, 4) is 0 Å². The maximum absolute atomic E-state index is 13.6. The number of carbonyl (C=O) groups is 3. The van der Waals surface area contributed by atoms with E-state index in [0.29, 0.717) is 11.4 Å². The van der Waals surface area contributed by atoms with Crippen LogP contribution in [0.4, 0.5) is 30.8 Å². The highest BCUT2D eigenvalue weighted by atomic mass is 19.3. The normalized spacial score (nSPS) is 15.9. The zero-order valence-corrected chi connectivity index (χ0v) is 20.0. The highest BCUT2D eigenvalue weighted by molar-refractivity contribution is 6.01. The topological polar surface area (TPSA) is 133 Å². The van der Waals surface area contributed by atoms with Gasteiger partial charge < -0.3 is 15.2 Å². The summed E-state index contributed by atoms with van der Waals surface area (Å²) in [6.45, 7) is 5.00. The molecule has 0 aliphatic carbocycles. The summed E-state index contributed by atoms with van der Waals surface area (Å²) in [5.41, 5.74) is 1.92. The van der Waals surface area contributed by atoms with E-state index in [1.165, 1.54) is 17.2 Å². The fourth-order valence-electron chi connectivity index (χ4n) is 3.60. The predicted molar refractivity (Wildman–Crippen MR) is 130 cm³/mol. The Morgan fingerprint density at radius 1 is 1.22 bits per heavy atom. The largest absolute Gasteiger partial charge is 0.477 e. The van der Waals surface area contributed by atoms with Gasteiger partial charge in [0.25, 0.3) is 0 Å². The van der Waals surface area contributed by atoms with Gasteiger partial charge in [-0.15, -0.1) is 0 Å². The first-order valence-electron chi connectivity index (χ1n) is 11.3. The van der Waals surface area contributed by atoms with Gasteiger partial charge in [0, 0.05) is 12.1 Å². The molecule has 1 aromatic carbocycles. The maximum atomic E-state index is 13.6. The number of hydrogen-bond acceptors (Lipinski definition) is 6. The Bertz CT molecular complexity index is 1160. The quantitative estimate of drug-likeness (QED) is 0.472. The number of urea groups is 1. The molecule has 2 heterocycles. The van der Waals surface area contributed by atoms with E-state index < -0.39 is 36.5 Å². The van der Waals surface area contributed by atoms with E-state index in [0.717, 1.165) is 5.56 Å². The Labute approximate surface area is 206 Å². The number of nitrogens with one attached hydrogen (secondary N) is 2. The standard InChI is InChI=1S/C24H27F2N5O5/c1-4-20(32)31(15(3)21-28-13-17(36-21)11-24(25,26)22(33)34)16-9-10-19(27-12-16)30-23(35)29-18-8-6-5-7-14(18)2/h5-10,12,15,17H,4,11,13H2,1-3H3,(H,33,34)(H2,27,29,30,35). The highest BCUT2D eigenvalue weighted by Crippen LogP contribution is 2.27. The first-order chi connectivity index (χ1) is 17.0. The van der Waals surface area contributed by atoms with Gasteiger partial charge in [0.05, 0.1) is 24.8 Å². The number of rotatable bonds is 9. The van der Waals surface area contributed by atoms with Crippen molar-refractivity contribution < 1.29 is 33.0 Å². The number of aliphatic carboxylic acids is 1. The molecule has 1 aliphatic rings. The lowest BCUT2D eigenvalue weighted by molar-refractivity contribution is -0.168. The van der Waals surface area contributed by atoms with E-state index in [1.54, 1.807) is 32.0 Å². The molecule has 0 fully saturated rings. The molecule has 0 saturated heterocycles. The number of ether oxygens (including phenoxy) is 1. The summed E-state index contributed by atoms with van der Waals surface area (Å²) < 4.78 is 32.6. The Balaban J connectivity index is 1.68. The van der Waals surface area contributed by atoms with Crippen LogP contribution in [0.2, 0.25) is 0 Å². The first-order valence-corrected chi connectivity index (χ1v) is 11.3. The monoisotopic (exact) mass is 503 g/mol. The lowest BCUT2D eigenvalue weighted by atomic mass is 10.1. The number of alkyl halides is 2. The molecule has 2 atom stereocenters. The molecule has 3 amide bonds. The minimum Gasteiger partial charge on any atom is -0.477 e. The molecule has 0 radical (unpaired) electrons.